The summed E-state index contributed by atoms with van der Waals surface area (Å²) >= 11 is 0.942. The zero-order chi connectivity index (χ0) is 29.2. The smallest absolute Gasteiger partial charge is 0.319 e. The maximum Gasteiger partial charge on any atom is 0.319 e. The van der Waals surface area contributed by atoms with Gasteiger partial charge in [-0.3, -0.25) is 4.98 Å². The van der Waals surface area contributed by atoms with E-state index in [1.807, 2.05) is 10.8 Å². The van der Waals surface area contributed by atoms with Crippen LogP contribution < -0.4 is 20.7 Å². The molecule has 2 atom stereocenters. The Morgan fingerprint density at radius 2 is 1.98 bits per heavy atom. The summed E-state index contributed by atoms with van der Waals surface area (Å²) in [6, 6.07) is 2.50. The first-order valence-corrected chi connectivity index (χ1v) is 14.8. The first kappa shape index (κ1) is 26.2. The molecular weight excluding hydrogens is 576 g/mol. The summed E-state index contributed by atoms with van der Waals surface area (Å²) in [4.78, 5) is 20.2. The molecule has 0 aliphatic carbocycles. The maximum absolute atomic E-state index is 17.1. The Kier molecular flexibility index (Phi) is 6.14. The minimum absolute atomic E-state index is 0.0546. The lowest BCUT2D eigenvalue weighted by atomic mass is 9.93. The Bertz CT molecular complexity index is 1940. The first-order chi connectivity index (χ1) is 21.0. The molecule has 3 aliphatic heterocycles. The summed E-state index contributed by atoms with van der Waals surface area (Å²) in [6.45, 7) is 2.70. The van der Waals surface area contributed by atoms with Crippen LogP contribution >= 0.6 is 11.3 Å². The van der Waals surface area contributed by atoms with Crippen LogP contribution in [-0.2, 0) is 24.5 Å². The molecule has 218 valence electrons. The molecule has 0 radical (unpaired) electrons. The van der Waals surface area contributed by atoms with Crippen molar-refractivity contribution in [2.45, 2.75) is 44.7 Å². The number of thiophene rings is 1. The molecule has 2 bridgehead atoms. The van der Waals surface area contributed by atoms with Gasteiger partial charge in [-0.05, 0) is 24.0 Å². The largest absolute Gasteiger partial charge is 0.461 e. The molecule has 14 heteroatoms. The summed E-state index contributed by atoms with van der Waals surface area (Å²) in [7, 11) is 0. The Balaban J connectivity index is 1.37. The number of hydrogen-bond donors (Lipinski definition) is 2. The monoisotopic (exact) mass is 601 g/mol. The molecule has 5 aromatic rings. The number of rotatable bonds is 6. The van der Waals surface area contributed by atoms with E-state index in [0.29, 0.717) is 23.3 Å². The number of ether oxygens (including phenoxy) is 2. The average molecular weight is 602 g/mol. The van der Waals surface area contributed by atoms with Gasteiger partial charge in [0.05, 0.1) is 53.6 Å². The quantitative estimate of drug-likeness (QED) is 0.295. The molecule has 3 N–H and O–H groups in total. The highest BCUT2D eigenvalue weighted by molar-refractivity contribution is 7.23. The lowest BCUT2D eigenvalue weighted by molar-refractivity contribution is 0.135. The zero-order valence-corrected chi connectivity index (χ0v) is 23.6. The molecular formula is C29H25F2N9O2S. The first-order valence-electron chi connectivity index (χ1n) is 14.0. The van der Waals surface area contributed by atoms with Crippen molar-refractivity contribution >= 4 is 43.1 Å². The summed E-state index contributed by atoms with van der Waals surface area (Å²) in [5.74, 6) is -0.657. The number of aromatic nitrogens is 5. The van der Waals surface area contributed by atoms with Crippen molar-refractivity contribution in [1.82, 2.24) is 29.8 Å². The Morgan fingerprint density at radius 3 is 2.74 bits per heavy atom. The minimum atomic E-state index is -0.654. The van der Waals surface area contributed by atoms with Crippen LogP contribution in [0.3, 0.4) is 0 Å². The molecule has 0 saturated carbocycles. The molecule has 1 aromatic carbocycles. The second kappa shape index (κ2) is 10.1. The van der Waals surface area contributed by atoms with E-state index in [4.69, 9.17) is 20.2 Å². The van der Waals surface area contributed by atoms with Gasteiger partial charge in [0.1, 0.15) is 29.0 Å². The topological polar surface area (TPSA) is 140 Å². The van der Waals surface area contributed by atoms with Crippen LogP contribution in [0.4, 0.5) is 19.6 Å². The van der Waals surface area contributed by atoms with Crippen molar-refractivity contribution in [1.29, 1.82) is 5.26 Å². The van der Waals surface area contributed by atoms with Crippen LogP contribution in [0, 0.1) is 23.0 Å². The number of anilines is 2. The van der Waals surface area contributed by atoms with Gasteiger partial charge in [-0.2, -0.15) is 15.2 Å². The Labute approximate surface area is 247 Å². The van der Waals surface area contributed by atoms with Crippen LogP contribution in [-0.4, -0.2) is 56.3 Å². The fourth-order valence-electron chi connectivity index (χ4n) is 6.66. The van der Waals surface area contributed by atoms with Crippen LogP contribution in [0.15, 0.2) is 24.9 Å². The minimum Gasteiger partial charge on any atom is -0.461 e. The van der Waals surface area contributed by atoms with Crippen molar-refractivity contribution in [2.75, 3.05) is 30.3 Å². The van der Waals surface area contributed by atoms with E-state index in [1.165, 1.54) is 0 Å². The number of nitrogens with two attached hydrogens (primary N) is 1. The van der Waals surface area contributed by atoms with Gasteiger partial charge in [0.25, 0.3) is 0 Å². The van der Waals surface area contributed by atoms with E-state index in [-0.39, 0.29) is 75.3 Å². The molecule has 2 unspecified atom stereocenters. The molecule has 7 heterocycles. The van der Waals surface area contributed by atoms with E-state index in [1.54, 1.807) is 12.5 Å². The van der Waals surface area contributed by atoms with E-state index >= 15 is 4.39 Å². The highest BCUT2D eigenvalue weighted by Crippen LogP contribution is 2.47. The maximum atomic E-state index is 17.1. The second-order valence-electron chi connectivity index (χ2n) is 10.9. The predicted octanol–water partition coefficient (Wildman–Crippen LogP) is 3.88. The van der Waals surface area contributed by atoms with E-state index in [9.17, 15) is 9.65 Å². The molecule has 0 spiro atoms. The van der Waals surface area contributed by atoms with Gasteiger partial charge in [-0.25, -0.2) is 13.8 Å². The zero-order valence-electron chi connectivity index (χ0n) is 22.8. The number of fused-ring (bicyclic) bond motifs is 6. The average Bonchev–Trinajstić information content (AvgIpc) is 3.80. The lowest BCUT2D eigenvalue weighted by Gasteiger charge is -2.37. The number of piperazine rings is 1. The van der Waals surface area contributed by atoms with E-state index in [0.717, 1.165) is 49.0 Å². The number of nitrogen functional groups attached to an aromatic ring is 1. The molecule has 2 saturated heterocycles. The van der Waals surface area contributed by atoms with Gasteiger partial charge in [-0.1, -0.05) is 0 Å². The SMILES string of the molecule is N#Cc1c(N)sc2c(F)cnc(-c3c4c(c5c(N6C7CCC6CNC7)nc(OCCn6ccnc6)nc5c3F)COC4)c12. The predicted molar refractivity (Wildman–Crippen MR) is 156 cm³/mol. The van der Waals surface area contributed by atoms with Crippen molar-refractivity contribution < 1.29 is 18.3 Å². The number of nitrogens with zero attached hydrogens (tertiary/aromatic N) is 7. The summed E-state index contributed by atoms with van der Waals surface area (Å²) in [5.41, 5.74) is 7.82. The van der Waals surface area contributed by atoms with Gasteiger partial charge in [0.15, 0.2) is 11.6 Å². The van der Waals surface area contributed by atoms with Gasteiger partial charge in [0.2, 0.25) is 0 Å². The molecule has 43 heavy (non-hydrogen) atoms. The number of nitriles is 1. The van der Waals surface area contributed by atoms with Crippen LogP contribution in [0.5, 0.6) is 6.01 Å². The molecule has 2 fully saturated rings. The Morgan fingerprint density at radius 1 is 1.16 bits per heavy atom. The van der Waals surface area contributed by atoms with Crippen LogP contribution in [0.2, 0.25) is 0 Å². The van der Waals surface area contributed by atoms with Crippen LogP contribution in [0.25, 0.3) is 32.2 Å². The summed E-state index contributed by atoms with van der Waals surface area (Å²) < 4.78 is 45.9. The highest BCUT2D eigenvalue weighted by Gasteiger charge is 2.40. The third-order valence-corrected chi connectivity index (χ3v) is 9.59. The lowest BCUT2D eigenvalue weighted by Crippen LogP contribution is -2.52. The molecule has 11 nitrogen and oxygen atoms in total. The van der Waals surface area contributed by atoms with Crippen LogP contribution in [0.1, 0.15) is 29.5 Å². The standard InChI is InChI=1S/C29H25F2N9O2S/c30-19-10-36-24(21-16(7-32)27(33)43-26(19)21)20-17-11-41-12-18(17)22-25(23(20)31)37-29(42-6-5-39-4-3-34-13-39)38-28(22)40-14-1-2-15(40)9-35-8-14/h3-4,10,13-15,35H,1-2,5-6,8-9,11-12,33H2. The highest BCUT2D eigenvalue weighted by atomic mass is 32.1. The van der Waals surface area contributed by atoms with Crippen molar-refractivity contribution in [2.24, 2.45) is 0 Å². The normalized spacial score (nSPS) is 19.3. The third-order valence-electron chi connectivity index (χ3n) is 8.57. The number of pyridine rings is 1. The van der Waals surface area contributed by atoms with Gasteiger partial charge < -0.3 is 30.0 Å². The van der Waals surface area contributed by atoms with Crippen molar-refractivity contribution in [3.63, 3.8) is 0 Å². The van der Waals surface area contributed by atoms with E-state index in [2.05, 4.69) is 31.2 Å². The Hall–Kier alpha value is -4.45. The molecule has 0 amide bonds. The fraction of sp³-hybridized carbons (Fsp3) is 0.345. The number of halogens is 2. The second-order valence-corrected chi connectivity index (χ2v) is 12.0. The molecule has 8 rings (SSSR count). The summed E-state index contributed by atoms with van der Waals surface area (Å²) in [5, 5.41) is 14.3. The van der Waals surface area contributed by atoms with Crippen molar-refractivity contribution in [3.05, 3.63) is 53.2 Å². The third kappa shape index (κ3) is 4.03. The van der Waals surface area contributed by atoms with E-state index < -0.39 is 11.6 Å². The number of nitrogens with one attached hydrogen (secondary N) is 1. The number of imidazole rings is 1. The molecule has 3 aliphatic rings. The number of hydrogen-bond acceptors (Lipinski definition) is 11. The number of benzene rings is 1. The van der Waals surface area contributed by atoms with Gasteiger partial charge >= 0.3 is 6.01 Å². The van der Waals surface area contributed by atoms with Gasteiger partial charge in [-0.15, -0.1) is 11.3 Å². The summed E-state index contributed by atoms with van der Waals surface area (Å²) in [6.07, 6.45) is 8.22. The molecule has 4 aromatic heterocycles. The fourth-order valence-corrected chi connectivity index (χ4v) is 7.58. The van der Waals surface area contributed by atoms with Gasteiger partial charge in [0, 0.05) is 48.5 Å². The van der Waals surface area contributed by atoms with Crippen molar-refractivity contribution in [3.8, 4) is 23.3 Å².